The lowest BCUT2D eigenvalue weighted by Crippen LogP contribution is -2.27. The molecule has 2 aromatic rings. The number of halogens is 1. The van der Waals surface area contributed by atoms with E-state index in [1.54, 1.807) is 26.5 Å². The number of ether oxygens (including phenoxy) is 2. The summed E-state index contributed by atoms with van der Waals surface area (Å²) in [5, 5.41) is 2.93. The van der Waals surface area contributed by atoms with E-state index in [4.69, 9.17) is 9.47 Å². The second kappa shape index (κ2) is 7.26. The van der Waals surface area contributed by atoms with Crippen molar-refractivity contribution in [2.45, 2.75) is 13.0 Å². The SMILES string of the molecule is COc1ccc(OC)c(C(C)NC(=O)c2cncc(Br)c2)c1. The Morgan fingerprint density at radius 3 is 2.64 bits per heavy atom. The number of nitrogens with one attached hydrogen (secondary N) is 1. The van der Waals surface area contributed by atoms with E-state index < -0.39 is 0 Å². The predicted octanol–water partition coefficient (Wildman–Crippen LogP) is 3.35. The Morgan fingerprint density at radius 2 is 2.00 bits per heavy atom. The zero-order valence-electron chi connectivity index (χ0n) is 12.6. The van der Waals surface area contributed by atoms with Crippen molar-refractivity contribution >= 4 is 21.8 Å². The van der Waals surface area contributed by atoms with Crippen LogP contribution in [-0.2, 0) is 0 Å². The standard InChI is InChI=1S/C16H17BrN2O3/c1-10(14-7-13(21-2)4-5-15(14)22-3)19-16(20)11-6-12(17)9-18-8-11/h4-10H,1-3H3,(H,19,20). The highest BCUT2D eigenvalue weighted by Gasteiger charge is 2.16. The molecule has 0 aliphatic rings. The molecule has 0 spiro atoms. The summed E-state index contributed by atoms with van der Waals surface area (Å²) in [5.74, 6) is 1.20. The smallest absolute Gasteiger partial charge is 0.253 e. The van der Waals surface area contributed by atoms with Crippen LogP contribution in [0.1, 0.15) is 28.9 Å². The summed E-state index contributed by atoms with van der Waals surface area (Å²) in [7, 11) is 3.19. The molecular formula is C16H17BrN2O3. The van der Waals surface area contributed by atoms with Gasteiger partial charge in [0.1, 0.15) is 11.5 Å². The fourth-order valence-corrected chi connectivity index (χ4v) is 2.44. The lowest BCUT2D eigenvalue weighted by atomic mass is 10.1. The van der Waals surface area contributed by atoms with Crippen LogP contribution in [0.3, 0.4) is 0 Å². The van der Waals surface area contributed by atoms with Gasteiger partial charge in [0.2, 0.25) is 0 Å². The lowest BCUT2D eigenvalue weighted by molar-refractivity contribution is 0.0939. The first-order valence-electron chi connectivity index (χ1n) is 6.68. The molecule has 0 aliphatic carbocycles. The molecule has 22 heavy (non-hydrogen) atoms. The van der Waals surface area contributed by atoms with Crippen LogP contribution in [0.4, 0.5) is 0 Å². The van der Waals surface area contributed by atoms with Crippen LogP contribution in [0, 0.1) is 0 Å². The van der Waals surface area contributed by atoms with Crippen molar-refractivity contribution in [1.82, 2.24) is 10.3 Å². The summed E-state index contributed by atoms with van der Waals surface area (Å²) in [5.41, 5.74) is 1.33. The lowest BCUT2D eigenvalue weighted by Gasteiger charge is -2.18. The molecule has 0 bridgehead atoms. The number of carbonyl (C=O) groups is 1. The van der Waals surface area contributed by atoms with E-state index in [2.05, 4.69) is 26.2 Å². The van der Waals surface area contributed by atoms with Gasteiger partial charge < -0.3 is 14.8 Å². The molecule has 0 aliphatic heterocycles. The number of nitrogens with zero attached hydrogens (tertiary/aromatic N) is 1. The Labute approximate surface area is 137 Å². The molecular weight excluding hydrogens is 348 g/mol. The summed E-state index contributed by atoms with van der Waals surface area (Å²) in [6, 6.07) is 6.96. The maximum absolute atomic E-state index is 12.3. The van der Waals surface area contributed by atoms with E-state index >= 15 is 0 Å². The van der Waals surface area contributed by atoms with Gasteiger partial charge in [-0.2, -0.15) is 0 Å². The Hall–Kier alpha value is -2.08. The van der Waals surface area contributed by atoms with Crippen LogP contribution in [0.2, 0.25) is 0 Å². The van der Waals surface area contributed by atoms with Crippen LogP contribution in [-0.4, -0.2) is 25.1 Å². The van der Waals surface area contributed by atoms with Gasteiger partial charge in [-0.3, -0.25) is 9.78 Å². The molecule has 0 radical (unpaired) electrons. The van der Waals surface area contributed by atoms with Crippen molar-refractivity contribution in [2.24, 2.45) is 0 Å². The summed E-state index contributed by atoms with van der Waals surface area (Å²) in [6.07, 6.45) is 3.15. The maximum atomic E-state index is 12.3. The quantitative estimate of drug-likeness (QED) is 0.883. The molecule has 1 aromatic carbocycles. The van der Waals surface area contributed by atoms with Gasteiger partial charge in [0.15, 0.2) is 0 Å². The molecule has 0 saturated carbocycles. The van der Waals surface area contributed by atoms with E-state index in [0.29, 0.717) is 17.1 Å². The first-order chi connectivity index (χ1) is 10.5. The number of aromatic nitrogens is 1. The number of carbonyl (C=O) groups excluding carboxylic acids is 1. The molecule has 1 N–H and O–H groups in total. The molecule has 1 atom stereocenters. The Bertz CT molecular complexity index is 676. The van der Waals surface area contributed by atoms with Crippen LogP contribution in [0.5, 0.6) is 11.5 Å². The number of benzene rings is 1. The molecule has 0 saturated heterocycles. The number of hydrogen-bond acceptors (Lipinski definition) is 4. The van der Waals surface area contributed by atoms with Gasteiger partial charge in [0.05, 0.1) is 25.8 Å². The second-order valence-electron chi connectivity index (χ2n) is 4.69. The third kappa shape index (κ3) is 3.76. The largest absolute Gasteiger partial charge is 0.497 e. The van der Waals surface area contributed by atoms with Gasteiger partial charge in [-0.05, 0) is 47.1 Å². The van der Waals surface area contributed by atoms with Crippen molar-refractivity contribution in [1.29, 1.82) is 0 Å². The number of hydrogen-bond donors (Lipinski definition) is 1. The molecule has 2 rings (SSSR count). The highest BCUT2D eigenvalue weighted by molar-refractivity contribution is 9.10. The third-order valence-electron chi connectivity index (χ3n) is 3.22. The van der Waals surface area contributed by atoms with Crippen LogP contribution < -0.4 is 14.8 Å². The zero-order valence-corrected chi connectivity index (χ0v) is 14.2. The Balaban J connectivity index is 2.21. The number of amides is 1. The second-order valence-corrected chi connectivity index (χ2v) is 5.61. The van der Waals surface area contributed by atoms with Crippen molar-refractivity contribution in [3.63, 3.8) is 0 Å². The fraction of sp³-hybridized carbons (Fsp3) is 0.250. The maximum Gasteiger partial charge on any atom is 0.253 e. The molecule has 6 heteroatoms. The molecule has 5 nitrogen and oxygen atoms in total. The number of methoxy groups -OCH3 is 2. The average Bonchev–Trinajstić information content (AvgIpc) is 2.54. The summed E-state index contributed by atoms with van der Waals surface area (Å²) in [6.45, 7) is 1.89. The Morgan fingerprint density at radius 1 is 1.23 bits per heavy atom. The average molecular weight is 365 g/mol. The molecule has 1 aromatic heterocycles. The van der Waals surface area contributed by atoms with Crippen LogP contribution in [0.15, 0.2) is 41.1 Å². The molecule has 1 amide bonds. The van der Waals surface area contributed by atoms with E-state index in [0.717, 1.165) is 10.0 Å². The van der Waals surface area contributed by atoms with Crippen LogP contribution in [0.25, 0.3) is 0 Å². The third-order valence-corrected chi connectivity index (χ3v) is 3.65. The van der Waals surface area contributed by atoms with Crippen molar-refractivity contribution in [2.75, 3.05) is 14.2 Å². The Kier molecular flexibility index (Phi) is 5.38. The van der Waals surface area contributed by atoms with Gasteiger partial charge >= 0.3 is 0 Å². The van der Waals surface area contributed by atoms with Gasteiger partial charge in [0, 0.05) is 22.4 Å². The van der Waals surface area contributed by atoms with Crippen molar-refractivity contribution in [3.05, 3.63) is 52.3 Å². The zero-order chi connectivity index (χ0) is 16.1. The minimum Gasteiger partial charge on any atom is -0.497 e. The van der Waals surface area contributed by atoms with Crippen molar-refractivity contribution < 1.29 is 14.3 Å². The molecule has 1 unspecified atom stereocenters. The topological polar surface area (TPSA) is 60.5 Å². The van der Waals surface area contributed by atoms with E-state index in [1.165, 1.54) is 6.20 Å². The summed E-state index contributed by atoms with van der Waals surface area (Å²) < 4.78 is 11.3. The highest BCUT2D eigenvalue weighted by Crippen LogP contribution is 2.29. The van der Waals surface area contributed by atoms with Crippen LogP contribution >= 0.6 is 15.9 Å². The summed E-state index contributed by atoms with van der Waals surface area (Å²) in [4.78, 5) is 16.3. The van der Waals surface area contributed by atoms with Gasteiger partial charge in [0.25, 0.3) is 5.91 Å². The first-order valence-corrected chi connectivity index (χ1v) is 7.47. The van der Waals surface area contributed by atoms with E-state index in [9.17, 15) is 4.79 Å². The number of pyridine rings is 1. The minimum absolute atomic E-state index is 0.203. The normalized spacial score (nSPS) is 11.6. The first kappa shape index (κ1) is 16.3. The fourth-order valence-electron chi connectivity index (χ4n) is 2.07. The van der Waals surface area contributed by atoms with Gasteiger partial charge in [-0.1, -0.05) is 0 Å². The molecule has 116 valence electrons. The minimum atomic E-state index is -0.239. The summed E-state index contributed by atoms with van der Waals surface area (Å²) >= 11 is 3.30. The van der Waals surface area contributed by atoms with Gasteiger partial charge in [-0.25, -0.2) is 0 Å². The van der Waals surface area contributed by atoms with Crippen molar-refractivity contribution in [3.8, 4) is 11.5 Å². The van der Waals surface area contributed by atoms with E-state index in [-0.39, 0.29) is 11.9 Å². The van der Waals surface area contributed by atoms with Gasteiger partial charge in [-0.15, -0.1) is 0 Å². The number of rotatable bonds is 5. The monoisotopic (exact) mass is 364 g/mol. The molecule has 0 fully saturated rings. The highest BCUT2D eigenvalue weighted by atomic mass is 79.9. The molecule has 1 heterocycles. The predicted molar refractivity (Wildman–Crippen MR) is 87.4 cm³/mol. The van der Waals surface area contributed by atoms with E-state index in [1.807, 2.05) is 25.1 Å².